The first kappa shape index (κ1) is 25.6. The molecule has 0 spiro atoms. The van der Waals surface area contributed by atoms with Crippen LogP contribution in [0, 0.1) is 34.9 Å². The molecule has 2 fully saturated rings. The van der Waals surface area contributed by atoms with Gasteiger partial charge in [-0.25, -0.2) is 4.39 Å². The first-order chi connectivity index (χ1) is 15.8. The second-order valence-electron chi connectivity index (χ2n) is 10.6. The van der Waals surface area contributed by atoms with Gasteiger partial charge in [0.2, 0.25) is 0 Å². The Morgan fingerprint density at radius 2 is 2.00 bits per heavy atom. The number of likely N-dealkylation sites (tertiary alicyclic amines) is 1. The number of benzene rings is 1. The highest BCUT2D eigenvalue weighted by atomic mass is 19.1. The molecule has 1 saturated carbocycles. The van der Waals surface area contributed by atoms with E-state index >= 15 is 0 Å². The molecule has 2 aliphatic rings. The van der Waals surface area contributed by atoms with Crippen LogP contribution in [0.5, 0.6) is 0 Å². The summed E-state index contributed by atoms with van der Waals surface area (Å²) in [5.41, 5.74) is 1.10. The molecule has 33 heavy (non-hydrogen) atoms. The summed E-state index contributed by atoms with van der Waals surface area (Å²) in [5.74, 6) is 0.653. The minimum absolute atomic E-state index is 0.118. The van der Waals surface area contributed by atoms with Crippen LogP contribution in [-0.2, 0) is 11.2 Å². The Morgan fingerprint density at radius 1 is 1.24 bits per heavy atom. The van der Waals surface area contributed by atoms with E-state index in [0.29, 0.717) is 24.3 Å². The van der Waals surface area contributed by atoms with Crippen molar-refractivity contribution in [2.24, 2.45) is 17.8 Å². The lowest BCUT2D eigenvalue weighted by Crippen LogP contribution is -2.43. The van der Waals surface area contributed by atoms with Gasteiger partial charge in [-0.2, -0.15) is 5.26 Å². The van der Waals surface area contributed by atoms with Crippen molar-refractivity contribution in [2.75, 3.05) is 19.6 Å². The first-order valence-electron chi connectivity index (χ1n) is 12.7. The summed E-state index contributed by atoms with van der Waals surface area (Å²) in [4.78, 5) is 14.1. The minimum atomic E-state index is -0.724. The van der Waals surface area contributed by atoms with E-state index in [-0.39, 0.29) is 5.56 Å². The molecule has 1 aliphatic heterocycles. The van der Waals surface area contributed by atoms with Crippen molar-refractivity contribution in [1.82, 2.24) is 10.2 Å². The number of piperidine rings is 1. The molecule has 3 rings (SSSR count). The van der Waals surface area contributed by atoms with Crippen molar-refractivity contribution in [3.8, 4) is 6.07 Å². The third-order valence-corrected chi connectivity index (χ3v) is 7.44. The summed E-state index contributed by atoms with van der Waals surface area (Å²) in [6.45, 7) is 7.58. The lowest BCUT2D eigenvalue weighted by molar-refractivity contribution is -0.140. The number of nitrogens with one attached hydrogen (secondary N) is 1. The lowest BCUT2D eigenvalue weighted by Gasteiger charge is -2.33. The van der Waals surface area contributed by atoms with Crippen molar-refractivity contribution in [2.45, 2.75) is 83.7 Å². The Labute approximate surface area is 198 Å². The van der Waals surface area contributed by atoms with Crippen molar-refractivity contribution < 1.29 is 14.3 Å². The molecule has 0 bridgehead atoms. The van der Waals surface area contributed by atoms with E-state index in [9.17, 15) is 14.3 Å². The summed E-state index contributed by atoms with van der Waals surface area (Å²) < 4.78 is 13.8. The number of nitriles is 1. The van der Waals surface area contributed by atoms with Crippen LogP contribution in [0.15, 0.2) is 18.2 Å². The predicted molar refractivity (Wildman–Crippen MR) is 128 cm³/mol. The number of aliphatic carboxylic acids is 1. The van der Waals surface area contributed by atoms with Crippen LogP contribution in [0.1, 0.15) is 76.3 Å². The summed E-state index contributed by atoms with van der Waals surface area (Å²) in [5, 5.41) is 21.7. The zero-order valence-corrected chi connectivity index (χ0v) is 20.2. The second-order valence-corrected chi connectivity index (χ2v) is 10.6. The van der Waals surface area contributed by atoms with Crippen molar-refractivity contribution in [3.63, 3.8) is 0 Å². The largest absolute Gasteiger partial charge is 0.480 e. The molecule has 0 aromatic heterocycles. The molecule has 0 amide bonds. The van der Waals surface area contributed by atoms with E-state index in [2.05, 4.69) is 24.1 Å². The van der Waals surface area contributed by atoms with Gasteiger partial charge >= 0.3 is 5.97 Å². The molecule has 1 heterocycles. The molecule has 1 aromatic rings. The van der Waals surface area contributed by atoms with E-state index < -0.39 is 17.8 Å². The SMILES string of the molecule is CC(C)CC(NC1CCC(CN2CCC(CCCc3ccc(C#N)c(F)c3)CC2)C1)C(=O)O. The summed E-state index contributed by atoms with van der Waals surface area (Å²) in [6, 6.07) is 6.74. The standard InChI is InChI=1S/C27H40FN3O2/c1-19(2)14-26(27(32)33)30-24-9-7-22(15-24)18-31-12-10-20(11-13-31)4-3-5-21-6-8-23(17-29)25(28)16-21/h6,8,16,19-20,22,24,26,30H,3-5,7,9-15,18H2,1-2H3,(H,32,33). The molecule has 6 heteroatoms. The Bertz CT molecular complexity index is 814. The van der Waals surface area contributed by atoms with Gasteiger partial charge in [-0.05, 0) is 99.9 Å². The maximum absolute atomic E-state index is 13.8. The Hall–Kier alpha value is -1.97. The monoisotopic (exact) mass is 457 g/mol. The van der Waals surface area contributed by atoms with Crippen LogP contribution in [0.25, 0.3) is 0 Å². The average Bonchev–Trinajstić information content (AvgIpc) is 3.21. The number of hydrogen-bond acceptors (Lipinski definition) is 4. The average molecular weight is 458 g/mol. The summed E-state index contributed by atoms with van der Waals surface area (Å²) in [7, 11) is 0. The van der Waals surface area contributed by atoms with E-state index in [1.54, 1.807) is 6.07 Å². The lowest BCUT2D eigenvalue weighted by atomic mass is 9.90. The van der Waals surface area contributed by atoms with Gasteiger partial charge in [-0.1, -0.05) is 26.3 Å². The van der Waals surface area contributed by atoms with Crippen molar-refractivity contribution in [1.29, 1.82) is 5.26 Å². The fourth-order valence-corrected chi connectivity index (χ4v) is 5.61. The first-order valence-corrected chi connectivity index (χ1v) is 12.7. The highest BCUT2D eigenvalue weighted by Crippen LogP contribution is 2.30. The number of aryl methyl sites for hydroxylation is 1. The molecule has 1 saturated heterocycles. The van der Waals surface area contributed by atoms with Gasteiger partial charge in [-0.3, -0.25) is 4.79 Å². The number of halogens is 1. The van der Waals surface area contributed by atoms with Crippen molar-refractivity contribution >= 4 is 5.97 Å². The molecular formula is C27H40FN3O2. The smallest absolute Gasteiger partial charge is 0.320 e. The van der Waals surface area contributed by atoms with Crippen LogP contribution in [0.2, 0.25) is 0 Å². The van der Waals surface area contributed by atoms with Crippen LogP contribution in [0.3, 0.4) is 0 Å². The minimum Gasteiger partial charge on any atom is -0.480 e. The zero-order valence-electron chi connectivity index (χ0n) is 20.2. The maximum Gasteiger partial charge on any atom is 0.320 e. The maximum atomic E-state index is 13.8. The van der Waals surface area contributed by atoms with Crippen molar-refractivity contribution in [3.05, 3.63) is 35.1 Å². The van der Waals surface area contributed by atoms with Gasteiger partial charge in [0.15, 0.2) is 0 Å². The molecule has 0 radical (unpaired) electrons. The molecule has 5 nitrogen and oxygen atoms in total. The molecule has 1 aromatic carbocycles. The number of carboxylic acid groups (broad SMARTS) is 1. The predicted octanol–water partition coefficient (Wildman–Crippen LogP) is 4.99. The van der Waals surface area contributed by atoms with Gasteiger partial charge in [0.05, 0.1) is 5.56 Å². The van der Waals surface area contributed by atoms with Gasteiger partial charge in [-0.15, -0.1) is 0 Å². The Morgan fingerprint density at radius 3 is 2.64 bits per heavy atom. The zero-order chi connectivity index (χ0) is 23.8. The number of nitrogens with zero attached hydrogens (tertiary/aromatic N) is 2. The van der Waals surface area contributed by atoms with E-state index in [4.69, 9.17) is 5.26 Å². The van der Waals surface area contributed by atoms with Crippen LogP contribution in [0.4, 0.5) is 4.39 Å². The third-order valence-electron chi connectivity index (χ3n) is 7.44. The normalized spacial score (nSPS) is 23.0. The number of hydrogen-bond donors (Lipinski definition) is 2. The van der Waals surface area contributed by atoms with Crippen LogP contribution < -0.4 is 5.32 Å². The molecule has 182 valence electrons. The van der Waals surface area contributed by atoms with E-state index in [0.717, 1.165) is 56.8 Å². The van der Waals surface area contributed by atoms with Crippen LogP contribution >= 0.6 is 0 Å². The fraction of sp³-hybridized carbons (Fsp3) is 0.704. The Balaban J connectivity index is 1.32. The molecule has 2 N–H and O–H groups in total. The third kappa shape index (κ3) is 8.08. The summed E-state index contributed by atoms with van der Waals surface area (Å²) >= 11 is 0. The molecular weight excluding hydrogens is 417 g/mol. The van der Waals surface area contributed by atoms with Gasteiger partial charge in [0, 0.05) is 12.6 Å². The van der Waals surface area contributed by atoms with E-state index in [1.807, 2.05) is 12.1 Å². The quantitative estimate of drug-likeness (QED) is 0.490. The molecule has 3 atom stereocenters. The second kappa shape index (κ2) is 12.5. The molecule has 3 unspecified atom stereocenters. The highest BCUT2D eigenvalue weighted by molar-refractivity contribution is 5.73. The number of carboxylic acids is 1. The van der Waals surface area contributed by atoms with E-state index in [1.165, 1.54) is 31.7 Å². The number of carbonyl (C=O) groups is 1. The van der Waals surface area contributed by atoms with Crippen LogP contribution in [-0.4, -0.2) is 47.7 Å². The number of rotatable bonds is 11. The van der Waals surface area contributed by atoms with Gasteiger partial charge in [0.25, 0.3) is 0 Å². The van der Waals surface area contributed by atoms with Gasteiger partial charge in [0.1, 0.15) is 17.9 Å². The topological polar surface area (TPSA) is 76.4 Å². The molecule has 1 aliphatic carbocycles. The van der Waals surface area contributed by atoms with Gasteiger partial charge < -0.3 is 15.3 Å². The Kier molecular flexibility index (Phi) is 9.70. The highest BCUT2D eigenvalue weighted by Gasteiger charge is 2.31. The summed E-state index contributed by atoms with van der Waals surface area (Å²) in [6.07, 6.45) is 9.61. The fourth-order valence-electron chi connectivity index (χ4n) is 5.61.